The number of thiazole rings is 1. The third-order valence-corrected chi connectivity index (χ3v) is 6.24. The fourth-order valence-corrected chi connectivity index (χ4v) is 4.58. The van der Waals surface area contributed by atoms with Gasteiger partial charge in [-0.15, -0.1) is 11.3 Å². The highest BCUT2D eigenvalue weighted by Gasteiger charge is 2.16. The second-order valence-corrected chi connectivity index (χ2v) is 7.95. The second kappa shape index (κ2) is 6.83. The minimum atomic E-state index is -0.128. The first-order valence-electron chi connectivity index (χ1n) is 9.19. The molecule has 0 radical (unpaired) electrons. The molecular formula is C22H16ClN3O2S. The minimum absolute atomic E-state index is 0.128. The van der Waals surface area contributed by atoms with Gasteiger partial charge in [0.15, 0.2) is 4.96 Å². The molecule has 0 aliphatic rings. The van der Waals surface area contributed by atoms with Crippen molar-refractivity contribution < 1.29 is 4.74 Å². The predicted octanol–water partition coefficient (Wildman–Crippen LogP) is 5.48. The topological polar surface area (TPSA) is 56.5 Å². The summed E-state index contributed by atoms with van der Waals surface area (Å²) in [6, 6.07) is 11.4. The van der Waals surface area contributed by atoms with Crippen molar-refractivity contribution in [1.82, 2.24) is 14.4 Å². The fraction of sp³-hybridized carbons (Fsp3) is 0.136. The summed E-state index contributed by atoms with van der Waals surface area (Å²) in [5.74, 6) is 0.802. The highest BCUT2D eigenvalue weighted by Crippen LogP contribution is 2.30. The Bertz CT molecular complexity index is 1460. The highest BCUT2D eigenvalue weighted by molar-refractivity contribution is 7.15. The zero-order chi connectivity index (χ0) is 20.1. The molecule has 0 amide bonds. The van der Waals surface area contributed by atoms with E-state index in [4.69, 9.17) is 21.3 Å². The summed E-state index contributed by atoms with van der Waals surface area (Å²) in [6.07, 6.45) is 1.60. The number of nitrogens with zero attached hydrogens (tertiary/aromatic N) is 3. The summed E-state index contributed by atoms with van der Waals surface area (Å²) in [5.41, 5.74) is 3.91. The minimum Gasteiger partial charge on any atom is -0.494 e. The van der Waals surface area contributed by atoms with Gasteiger partial charge in [0.1, 0.15) is 5.75 Å². The Labute approximate surface area is 175 Å². The molecule has 3 heterocycles. The standard InChI is InChI=1S/C22H16ClN3O2S/c1-3-28-14-6-4-13(5-7-14)18-11-29-22-25-20-15-8-9-17(23)12(2)19(15)24-10-16(20)21(27)26(18)22/h4-11H,3H2,1-2H3. The number of pyridine rings is 1. The number of benzene rings is 2. The predicted molar refractivity (Wildman–Crippen MR) is 118 cm³/mol. The van der Waals surface area contributed by atoms with E-state index in [1.54, 1.807) is 10.6 Å². The summed E-state index contributed by atoms with van der Waals surface area (Å²) in [5, 5.41) is 3.93. The van der Waals surface area contributed by atoms with E-state index in [9.17, 15) is 4.79 Å². The van der Waals surface area contributed by atoms with Gasteiger partial charge in [0.25, 0.3) is 5.56 Å². The Morgan fingerprint density at radius 3 is 2.66 bits per heavy atom. The third-order valence-electron chi connectivity index (χ3n) is 5.01. The van der Waals surface area contributed by atoms with Gasteiger partial charge in [-0.3, -0.25) is 14.2 Å². The molecular weight excluding hydrogens is 406 g/mol. The molecule has 0 spiro atoms. The van der Waals surface area contributed by atoms with Gasteiger partial charge >= 0.3 is 0 Å². The van der Waals surface area contributed by atoms with Gasteiger partial charge in [0.05, 0.1) is 28.7 Å². The van der Waals surface area contributed by atoms with Crippen LogP contribution in [0, 0.1) is 6.92 Å². The molecule has 144 valence electrons. The van der Waals surface area contributed by atoms with Gasteiger partial charge in [0.2, 0.25) is 0 Å². The molecule has 0 bridgehead atoms. The van der Waals surface area contributed by atoms with Crippen LogP contribution in [-0.2, 0) is 0 Å². The van der Waals surface area contributed by atoms with Crippen LogP contribution in [0.5, 0.6) is 5.75 Å². The van der Waals surface area contributed by atoms with E-state index in [1.807, 2.05) is 55.6 Å². The summed E-state index contributed by atoms with van der Waals surface area (Å²) in [7, 11) is 0. The maximum atomic E-state index is 13.3. The van der Waals surface area contributed by atoms with Crippen molar-refractivity contribution in [3.8, 4) is 17.0 Å². The smallest absolute Gasteiger partial charge is 0.268 e. The van der Waals surface area contributed by atoms with E-state index < -0.39 is 0 Å². The number of aromatic nitrogens is 3. The quantitative estimate of drug-likeness (QED) is 0.362. The Kier molecular flexibility index (Phi) is 4.26. The normalized spacial score (nSPS) is 11.6. The molecule has 29 heavy (non-hydrogen) atoms. The van der Waals surface area contributed by atoms with Gasteiger partial charge in [-0.25, -0.2) is 4.98 Å². The van der Waals surface area contributed by atoms with Crippen molar-refractivity contribution in [2.75, 3.05) is 6.61 Å². The summed E-state index contributed by atoms with van der Waals surface area (Å²) in [4.78, 5) is 23.3. The van der Waals surface area contributed by atoms with Crippen LogP contribution in [0.15, 0.2) is 52.8 Å². The SMILES string of the molecule is CCOc1ccc(-c2csc3nc4c(cnc5c(C)c(Cl)ccc54)c(=O)n23)cc1. The average molecular weight is 422 g/mol. The van der Waals surface area contributed by atoms with Crippen molar-refractivity contribution in [1.29, 1.82) is 0 Å². The number of rotatable bonds is 3. The van der Waals surface area contributed by atoms with E-state index in [2.05, 4.69) is 4.98 Å². The maximum absolute atomic E-state index is 13.3. The molecule has 0 saturated heterocycles. The Morgan fingerprint density at radius 2 is 1.90 bits per heavy atom. The van der Waals surface area contributed by atoms with Crippen LogP contribution in [0.4, 0.5) is 0 Å². The summed E-state index contributed by atoms with van der Waals surface area (Å²) < 4.78 is 7.16. The molecule has 2 aromatic carbocycles. The Morgan fingerprint density at radius 1 is 1.10 bits per heavy atom. The van der Waals surface area contributed by atoms with E-state index >= 15 is 0 Å². The maximum Gasteiger partial charge on any atom is 0.268 e. The van der Waals surface area contributed by atoms with Gasteiger partial charge in [-0.2, -0.15) is 0 Å². The first-order valence-corrected chi connectivity index (χ1v) is 10.4. The molecule has 5 rings (SSSR count). The molecule has 0 fully saturated rings. The highest BCUT2D eigenvalue weighted by atomic mass is 35.5. The third kappa shape index (κ3) is 2.79. The molecule has 5 nitrogen and oxygen atoms in total. The van der Waals surface area contributed by atoms with Gasteiger partial charge in [0, 0.05) is 22.0 Å². The lowest BCUT2D eigenvalue weighted by molar-refractivity contribution is 0.340. The number of halogens is 1. The number of aryl methyl sites for hydroxylation is 1. The van der Waals surface area contributed by atoms with Crippen molar-refractivity contribution in [2.45, 2.75) is 13.8 Å². The largest absolute Gasteiger partial charge is 0.494 e. The molecule has 0 atom stereocenters. The molecule has 7 heteroatoms. The van der Waals surface area contributed by atoms with Crippen molar-refractivity contribution in [3.05, 3.63) is 68.9 Å². The molecule has 0 aliphatic heterocycles. The molecule has 0 N–H and O–H groups in total. The van der Waals surface area contributed by atoms with Crippen molar-refractivity contribution in [3.63, 3.8) is 0 Å². The monoisotopic (exact) mass is 421 g/mol. The lowest BCUT2D eigenvalue weighted by Gasteiger charge is -2.08. The Balaban J connectivity index is 1.78. The number of ether oxygens (including phenoxy) is 1. The summed E-state index contributed by atoms with van der Waals surface area (Å²) in [6.45, 7) is 4.48. The first-order chi connectivity index (χ1) is 14.1. The lowest BCUT2D eigenvalue weighted by atomic mass is 10.1. The molecule has 0 aliphatic carbocycles. The van der Waals surface area contributed by atoms with Gasteiger partial charge in [-0.05, 0) is 61.4 Å². The Hall–Kier alpha value is -2.96. The molecule has 3 aromatic heterocycles. The van der Waals surface area contributed by atoms with Crippen LogP contribution in [0.1, 0.15) is 12.5 Å². The zero-order valence-electron chi connectivity index (χ0n) is 15.8. The fourth-order valence-electron chi connectivity index (χ4n) is 3.54. The average Bonchev–Trinajstić information content (AvgIpc) is 3.16. The molecule has 0 saturated carbocycles. The summed E-state index contributed by atoms with van der Waals surface area (Å²) >= 11 is 7.68. The lowest BCUT2D eigenvalue weighted by Crippen LogP contribution is -2.15. The van der Waals surface area contributed by atoms with Crippen LogP contribution >= 0.6 is 22.9 Å². The van der Waals surface area contributed by atoms with Crippen LogP contribution in [0.2, 0.25) is 5.02 Å². The van der Waals surface area contributed by atoms with E-state index in [-0.39, 0.29) is 5.56 Å². The zero-order valence-corrected chi connectivity index (χ0v) is 17.3. The second-order valence-electron chi connectivity index (χ2n) is 6.70. The molecule has 0 unspecified atom stereocenters. The van der Waals surface area contributed by atoms with Crippen LogP contribution in [0.25, 0.3) is 38.0 Å². The van der Waals surface area contributed by atoms with E-state index in [0.29, 0.717) is 27.5 Å². The van der Waals surface area contributed by atoms with E-state index in [1.165, 1.54) is 11.3 Å². The number of fused-ring (bicyclic) bond motifs is 4. The van der Waals surface area contributed by atoms with Crippen molar-refractivity contribution in [2.24, 2.45) is 0 Å². The van der Waals surface area contributed by atoms with Crippen LogP contribution in [0.3, 0.4) is 0 Å². The number of hydrogen-bond donors (Lipinski definition) is 0. The van der Waals surface area contributed by atoms with Crippen LogP contribution < -0.4 is 10.3 Å². The van der Waals surface area contributed by atoms with Gasteiger partial charge in [-0.1, -0.05) is 11.6 Å². The van der Waals surface area contributed by atoms with Crippen LogP contribution in [-0.4, -0.2) is 21.0 Å². The van der Waals surface area contributed by atoms with E-state index in [0.717, 1.165) is 33.5 Å². The van der Waals surface area contributed by atoms with Gasteiger partial charge < -0.3 is 4.74 Å². The van der Waals surface area contributed by atoms with Crippen molar-refractivity contribution >= 4 is 49.7 Å². The molecule has 5 aromatic rings. The number of hydrogen-bond acceptors (Lipinski definition) is 5. The first kappa shape index (κ1) is 18.1.